The van der Waals surface area contributed by atoms with Crippen LogP contribution < -0.4 is 5.32 Å². The van der Waals surface area contributed by atoms with Gasteiger partial charge in [-0.2, -0.15) is 0 Å². The molecule has 6 heteroatoms. The van der Waals surface area contributed by atoms with E-state index in [2.05, 4.69) is 10.3 Å². The highest BCUT2D eigenvalue weighted by atomic mass is 32.1. The molecule has 1 heterocycles. The van der Waals surface area contributed by atoms with E-state index >= 15 is 0 Å². The molecule has 21 heavy (non-hydrogen) atoms. The first-order chi connectivity index (χ1) is 10.1. The Hall–Kier alpha value is -2.47. The van der Waals surface area contributed by atoms with E-state index in [0.717, 1.165) is 16.6 Å². The van der Waals surface area contributed by atoms with Gasteiger partial charge in [0.05, 0.1) is 6.54 Å². The Bertz CT molecular complexity index is 678. The number of carbonyl (C=O) groups excluding carboxylic acids is 1. The van der Waals surface area contributed by atoms with Crippen LogP contribution in [-0.2, 0) is 11.3 Å². The molecular weight excluding hydrogens is 288 g/mol. The normalized spacial score (nSPS) is 10.7. The fourth-order valence-electron chi connectivity index (χ4n) is 1.75. The van der Waals surface area contributed by atoms with E-state index < -0.39 is 5.97 Å². The van der Waals surface area contributed by atoms with Crippen molar-refractivity contribution >= 4 is 29.3 Å². The molecule has 0 unspecified atom stereocenters. The molecule has 1 amide bonds. The number of thiazole rings is 1. The van der Waals surface area contributed by atoms with E-state index in [1.54, 1.807) is 24.4 Å². The number of nitrogens with zero attached hydrogens (tertiary/aromatic N) is 1. The van der Waals surface area contributed by atoms with Crippen LogP contribution >= 0.6 is 11.3 Å². The number of benzene rings is 1. The van der Waals surface area contributed by atoms with Crippen LogP contribution in [-0.4, -0.2) is 22.0 Å². The minimum absolute atomic E-state index is 0.201. The summed E-state index contributed by atoms with van der Waals surface area (Å²) in [5.41, 5.74) is 2.03. The van der Waals surface area contributed by atoms with Crippen LogP contribution in [0.15, 0.2) is 35.9 Å². The number of aromatic nitrogens is 1. The molecule has 108 valence electrons. The van der Waals surface area contributed by atoms with E-state index in [1.165, 1.54) is 17.4 Å². The van der Waals surface area contributed by atoms with Crippen molar-refractivity contribution < 1.29 is 14.7 Å². The molecule has 0 aliphatic rings. The van der Waals surface area contributed by atoms with Crippen LogP contribution in [0.2, 0.25) is 0 Å². The van der Waals surface area contributed by atoms with E-state index in [1.807, 2.05) is 12.3 Å². The van der Waals surface area contributed by atoms with E-state index in [-0.39, 0.29) is 5.91 Å². The number of carboxylic acid groups (broad SMARTS) is 1. The minimum atomic E-state index is -1.02. The minimum Gasteiger partial charge on any atom is -0.478 e. The molecule has 0 aliphatic heterocycles. The number of aliphatic carboxylic acids is 1. The molecule has 1 aromatic carbocycles. The molecule has 1 aromatic heterocycles. The van der Waals surface area contributed by atoms with Gasteiger partial charge >= 0.3 is 5.97 Å². The monoisotopic (exact) mass is 302 g/mol. The van der Waals surface area contributed by atoms with E-state index in [9.17, 15) is 9.59 Å². The van der Waals surface area contributed by atoms with Gasteiger partial charge in [0.15, 0.2) is 0 Å². The highest BCUT2D eigenvalue weighted by Gasteiger charge is 2.09. The second-order valence-corrected chi connectivity index (χ2v) is 5.33. The predicted molar refractivity (Wildman–Crippen MR) is 81.1 cm³/mol. The zero-order valence-corrected chi connectivity index (χ0v) is 12.2. The van der Waals surface area contributed by atoms with Crippen LogP contribution in [0.3, 0.4) is 0 Å². The van der Waals surface area contributed by atoms with Crippen molar-refractivity contribution in [3.05, 3.63) is 57.6 Å². The van der Waals surface area contributed by atoms with Gasteiger partial charge < -0.3 is 10.4 Å². The third kappa shape index (κ3) is 4.25. The van der Waals surface area contributed by atoms with Crippen molar-refractivity contribution in [1.29, 1.82) is 0 Å². The molecule has 0 bridgehead atoms. The molecular formula is C15H14N2O3S. The maximum atomic E-state index is 12.2. The molecule has 0 radical (unpaired) electrons. The summed E-state index contributed by atoms with van der Waals surface area (Å²) in [5, 5.41) is 14.1. The quantitative estimate of drug-likeness (QED) is 0.832. The number of carbonyl (C=O) groups is 2. The van der Waals surface area contributed by atoms with Crippen molar-refractivity contribution in [1.82, 2.24) is 10.3 Å². The average Bonchev–Trinajstić information content (AvgIpc) is 2.97. The molecule has 0 atom stereocenters. The van der Waals surface area contributed by atoms with Gasteiger partial charge in [-0.05, 0) is 30.2 Å². The molecule has 2 N–H and O–H groups in total. The zero-order chi connectivity index (χ0) is 15.2. The van der Waals surface area contributed by atoms with Crippen molar-refractivity contribution in [3.63, 3.8) is 0 Å². The number of amides is 1. The lowest BCUT2D eigenvalue weighted by atomic mass is 10.0. The molecule has 2 aromatic rings. The highest BCUT2D eigenvalue weighted by molar-refractivity contribution is 7.09. The zero-order valence-electron chi connectivity index (χ0n) is 11.4. The Kier molecular flexibility index (Phi) is 4.84. The first-order valence-corrected chi connectivity index (χ1v) is 7.12. The van der Waals surface area contributed by atoms with Gasteiger partial charge in [0.1, 0.15) is 5.01 Å². The lowest BCUT2D eigenvalue weighted by Gasteiger charge is -2.07. The average molecular weight is 302 g/mol. The third-order valence-corrected chi connectivity index (χ3v) is 3.59. The first kappa shape index (κ1) is 14.9. The summed E-state index contributed by atoms with van der Waals surface area (Å²) in [6, 6.07) is 5.23. The predicted octanol–water partition coefficient (Wildman–Crippen LogP) is 2.48. The van der Waals surface area contributed by atoms with Crippen LogP contribution in [0, 0.1) is 6.92 Å². The van der Waals surface area contributed by atoms with E-state index in [0.29, 0.717) is 17.7 Å². The summed E-state index contributed by atoms with van der Waals surface area (Å²) in [6.07, 6.45) is 4.19. The molecule has 0 aliphatic carbocycles. The number of carboxylic acids is 1. The summed E-state index contributed by atoms with van der Waals surface area (Å²) in [5.74, 6) is -1.22. The standard InChI is InChI=1S/C15H14N2O3S/c1-10-2-3-11(4-5-14(18)19)8-12(10)15(20)17-9-13-16-6-7-21-13/h2-8H,9H2,1H3,(H,17,20)(H,18,19). The largest absolute Gasteiger partial charge is 0.478 e. The van der Waals surface area contributed by atoms with Crippen molar-refractivity contribution in [2.75, 3.05) is 0 Å². The van der Waals surface area contributed by atoms with Gasteiger partial charge in [-0.15, -0.1) is 11.3 Å². The molecule has 2 rings (SSSR count). The lowest BCUT2D eigenvalue weighted by molar-refractivity contribution is -0.131. The molecule has 0 saturated carbocycles. The number of aryl methyl sites for hydroxylation is 1. The van der Waals surface area contributed by atoms with Gasteiger partial charge in [0.25, 0.3) is 5.91 Å². The first-order valence-electron chi connectivity index (χ1n) is 6.24. The Morgan fingerprint density at radius 3 is 2.90 bits per heavy atom. The van der Waals surface area contributed by atoms with Gasteiger partial charge in [-0.1, -0.05) is 12.1 Å². The smallest absolute Gasteiger partial charge is 0.328 e. The number of rotatable bonds is 5. The number of hydrogen-bond acceptors (Lipinski definition) is 4. The van der Waals surface area contributed by atoms with Crippen LogP contribution in [0.1, 0.15) is 26.5 Å². The summed E-state index contributed by atoms with van der Waals surface area (Å²) in [7, 11) is 0. The highest BCUT2D eigenvalue weighted by Crippen LogP contribution is 2.13. The molecule has 5 nitrogen and oxygen atoms in total. The second kappa shape index (κ2) is 6.81. The Balaban J connectivity index is 2.12. The van der Waals surface area contributed by atoms with Crippen LogP contribution in [0.4, 0.5) is 0 Å². The molecule has 0 saturated heterocycles. The third-order valence-electron chi connectivity index (χ3n) is 2.81. The Labute approximate surface area is 126 Å². The van der Waals surface area contributed by atoms with Crippen LogP contribution in [0.25, 0.3) is 6.08 Å². The maximum absolute atomic E-state index is 12.2. The topological polar surface area (TPSA) is 79.3 Å². The number of hydrogen-bond donors (Lipinski definition) is 2. The lowest BCUT2D eigenvalue weighted by Crippen LogP contribution is -2.23. The Morgan fingerprint density at radius 2 is 2.24 bits per heavy atom. The second-order valence-electron chi connectivity index (χ2n) is 4.35. The molecule has 0 spiro atoms. The summed E-state index contributed by atoms with van der Waals surface area (Å²) >= 11 is 1.48. The van der Waals surface area contributed by atoms with Gasteiger partial charge in [0, 0.05) is 23.2 Å². The van der Waals surface area contributed by atoms with Crippen molar-refractivity contribution in [2.24, 2.45) is 0 Å². The molecule has 0 fully saturated rings. The van der Waals surface area contributed by atoms with Crippen molar-refractivity contribution in [2.45, 2.75) is 13.5 Å². The maximum Gasteiger partial charge on any atom is 0.328 e. The van der Waals surface area contributed by atoms with Gasteiger partial charge in [0.2, 0.25) is 0 Å². The summed E-state index contributed by atoms with van der Waals surface area (Å²) in [6.45, 7) is 2.22. The fraction of sp³-hybridized carbons (Fsp3) is 0.133. The summed E-state index contributed by atoms with van der Waals surface area (Å²) < 4.78 is 0. The summed E-state index contributed by atoms with van der Waals surface area (Å²) in [4.78, 5) is 26.8. The Morgan fingerprint density at radius 1 is 1.43 bits per heavy atom. The van der Waals surface area contributed by atoms with Gasteiger partial charge in [-0.25, -0.2) is 9.78 Å². The van der Waals surface area contributed by atoms with Gasteiger partial charge in [-0.3, -0.25) is 4.79 Å². The van der Waals surface area contributed by atoms with Crippen LogP contribution in [0.5, 0.6) is 0 Å². The fourth-order valence-corrected chi connectivity index (χ4v) is 2.30. The van der Waals surface area contributed by atoms with Crippen molar-refractivity contribution in [3.8, 4) is 0 Å². The van der Waals surface area contributed by atoms with E-state index in [4.69, 9.17) is 5.11 Å². The SMILES string of the molecule is Cc1ccc(C=CC(=O)O)cc1C(=O)NCc1nccs1. The number of nitrogens with one attached hydrogen (secondary N) is 1.